The molecule has 0 radical (unpaired) electrons. The number of rotatable bonds is 5. The van der Waals surface area contributed by atoms with E-state index in [4.69, 9.17) is 11.6 Å². The predicted molar refractivity (Wildman–Crippen MR) is 104 cm³/mol. The maximum Gasteiger partial charge on any atom is 0.332 e. The van der Waals surface area contributed by atoms with Gasteiger partial charge in [-0.05, 0) is 44.2 Å². The zero-order valence-electron chi connectivity index (χ0n) is 15.0. The van der Waals surface area contributed by atoms with Crippen molar-refractivity contribution in [2.75, 3.05) is 0 Å². The largest absolute Gasteiger partial charge is 0.349 e. The number of carbonyl (C=O) groups is 1. The van der Waals surface area contributed by atoms with E-state index in [9.17, 15) is 14.4 Å². The number of hydrogen-bond donors (Lipinski definition) is 1. The second-order valence-corrected chi connectivity index (χ2v) is 6.51. The lowest BCUT2D eigenvalue weighted by Gasteiger charge is -2.19. The highest BCUT2D eigenvalue weighted by molar-refractivity contribution is 6.31. The Morgan fingerprint density at radius 2 is 2.04 bits per heavy atom. The normalized spacial score (nSPS) is 12.1. The first-order chi connectivity index (χ1) is 12.9. The first-order valence-corrected chi connectivity index (χ1v) is 8.94. The number of nitrogens with one attached hydrogen (secondary N) is 1. The van der Waals surface area contributed by atoms with Gasteiger partial charge < -0.3 is 5.32 Å². The van der Waals surface area contributed by atoms with Crippen LogP contribution in [-0.4, -0.2) is 20.0 Å². The summed E-state index contributed by atoms with van der Waals surface area (Å²) in [5.41, 5.74) is 0.101. The smallest absolute Gasteiger partial charge is 0.332 e. The zero-order chi connectivity index (χ0) is 19.6. The van der Waals surface area contributed by atoms with Crippen molar-refractivity contribution in [1.29, 1.82) is 0 Å². The maximum atomic E-state index is 12.9. The van der Waals surface area contributed by atoms with Crippen LogP contribution in [0.5, 0.6) is 0 Å². The summed E-state index contributed by atoms with van der Waals surface area (Å²) in [7, 11) is 0. The first-order valence-electron chi connectivity index (χ1n) is 8.56. The number of carbonyl (C=O) groups excluding carboxylic acids is 1. The molecule has 0 aliphatic heterocycles. The summed E-state index contributed by atoms with van der Waals surface area (Å²) in [6.07, 6.45) is 1.64. The third-order valence-corrected chi connectivity index (χ3v) is 4.62. The minimum absolute atomic E-state index is 0.207. The predicted octanol–water partition coefficient (Wildman–Crippen LogP) is 2.11. The number of hydrogen-bond acceptors (Lipinski definition) is 4. The molecule has 0 saturated carbocycles. The first kappa shape index (κ1) is 18.8. The van der Waals surface area contributed by atoms with Crippen molar-refractivity contribution in [1.82, 2.24) is 19.4 Å². The van der Waals surface area contributed by atoms with Gasteiger partial charge in [-0.3, -0.25) is 23.7 Å². The highest BCUT2D eigenvalue weighted by Gasteiger charge is 2.22. The molecule has 0 fully saturated rings. The molecule has 1 atom stereocenters. The number of pyridine rings is 1. The average Bonchev–Trinajstić information content (AvgIpc) is 2.67. The van der Waals surface area contributed by atoms with Crippen molar-refractivity contribution < 1.29 is 4.79 Å². The van der Waals surface area contributed by atoms with Crippen LogP contribution in [-0.2, 0) is 17.9 Å². The molecule has 0 spiro atoms. The zero-order valence-corrected chi connectivity index (χ0v) is 15.7. The fourth-order valence-electron chi connectivity index (χ4n) is 2.95. The number of halogens is 1. The lowest BCUT2D eigenvalue weighted by Crippen LogP contribution is -2.44. The van der Waals surface area contributed by atoms with Gasteiger partial charge in [-0.15, -0.1) is 0 Å². The van der Waals surface area contributed by atoms with E-state index < -0.39 is 17.3 Å². The summed E-state index contributed by atoms with van der Waals surface area (Å²) >= 11 is 6.06. The highest BCUT2D eigenvalue weighted by Crippen LogP contribution is 2.18. The third-order valence-electron chi connectivity index (χ3n) is 4.38. The topological polar surface area (TPSA) is 86.0 Å². The number of fused-ring (bicyclic) bond motifs is 1. The molecule has 0 aliphatic carbocycles. The van der Waals surface area contributed by atoms with E-state index in [0.717, 1.165) is 4.57 Å². The summed E-state index contributed by atoms with van der Waals surface area (Å²) < 4.78 is 2.42. The van der Waals surface area contributed by atoms with Gasteiger partial charge in [-0.2, -0.15) is 0 Å². The van der Waals surface area contributed by atoms with E-state index in [2.05, 4.69) is 10.3 Å². The van der Waals surface area contributed by atoms with E-state index in [1.165, 1.54) is 10.6 Å². The van der Waals surface area contributed by atoms with Crippen molar-refractivity contribution in [2.45, 2.75) is 33.0 Å². The Morgan fingerprint density at radius 1 is 1.26 bits per heavy atom. The monoisotopic (exact) mass is 386 g/mol. The van der Waals surface area contributed by atoms with Crippen LogP contribution in [0.3, 0.4) is 0 Å². The molecule has 0 bridgehead atoms. The van der Waals surface area contributed by atoms with Gasteiger partial charge in [0.05, 0.1) is 23.1 Å². The number of aromatic nitrogens is 3. The van der Waals surface area contributed by atoms with Crippen molar-refractivity contribution in [3.8, 4) is 0 Å². The molecule has 1 aromatic carbocycles. The molecule has 0 saturated heterocycles. The maximum absolute atomic E-state index is 12.9. The van der Waals surface area contributed by atoms with Gasteiger partial charge in [0, 0.05) is 17.8 Å². The quantitative estimate of drug-likeness (QED) is 0.727. The Balaban J connectivity index is 2.04. The minimum atomic E-state index is -0.833. The van der Waals surface area contributed by atoms with E-state index in [1.54, 1.807) is 44.3 Å². The fourth-order valence-corrected chi connectivity index (χ4v) is 3.12. The Labute approximate surface area is 160 Å². The van der Waals surface area contributed by atoms with Crippen LogP contribution in [0.25, 0.3) is 10.9 Å². The molecule has 140 valence electrons. The summed E-state index contributed by atoms with van der Waals surface area (Å²) in [4.78, 5) is 42.2. The molecule has 0 aliphatic rings. The molecule has 1 unspecified atom stereocenters. The van der Waals surface area contributed by atoms with E-state index in [0.29, 0.717) is 21.6 Å². The summed E-state index contributed by atoms with van der Waals surface area (Å²) in [5.74, 6) is -0.356. The fraction of sp³-hybridized carbons (Fsp3) is 0.263. The molecule has 8 heteroatoms. The Morgan fingerprint density at radius 3 is 2.70 bits per heavy atom. The van der Waals surface area contributed by atoms with Gasteiger partial charge in [-0.25, -0.2) is 4.79 Å². The van der Waals surface area contributed by atoms with Crippen LogP contribution in [0, 0.1) is 0 Å². The lowest BCUT2D eigenvalue weighted by atomic mass is 10.2. The third kappa shape index (κ3) is 3.64. The van der Waals surface area contributed by atoms with Gasteiger partial charge in [0.25, 0.3) is 5.56 Å². The summed E-state index contributed by atoms with van der Waals surface area (Å²) in [6, 6.07) is 9.27. The summed E-state index contributed by atoms with van der Waals surface area (Å²) in [5, 5.41) is 3.49. The Hall–Kier alpha value is -2.93. The second kappa shape index (κ2) is 7.75. The number of benzene rings is 1. The molecule has 1 N–H and O–H groups in total. The van der Waals surface area contributed by atoms with E-state index in [-0.39, 0.29) is 19.0 Å². The Bertz CT molecular complexity index is 1110. The minimum Gasteiger partial charge on any atom is -0.349 e. The molecular weight excluding hydrogens is 368 g/mol. The molecule has 1 amide bonds. The average molecular weight is 387 g/mol. The van der Waals surface area contributed by atoms with Crippen molar-refractivity contribution in [3.05, 3.63) is 74.1 Å². The van der Waals surface area contributed by atoms with Gasteiger partial charge >= 0.3 is 5.69 Å². The lowest BCUT2D eigenvalue weighted by molar-refractivity contribution is -0.124. The van der Waals surface area contributed by atoms with Gasteiger partial charge in [-0.1, -0.05) is 17.7 Å². The molecule has 27 heavy (non-hydrogen) atoms. The van der Waals surface area contributed by atoms with Crippen LogP contribution in [0.2, 0.25) is 5.02 Å². The van der Waals surface area contributed by atoms with Crippen LogP contribution in [0.1, 0.15) is 25.6 Å². The molecule has 3 aromatic rings. The molecule has 2 aromatic heterocycles. The van der Waals surface area contributed by atoms with E-state index in [1.807, 2.05) is 6.07 Å². The highest BCUT2D eigenvalue weighted by atomic mass is 35.5. The molecule has 7 nitrogen and oxygen atoms in total. The molecule has 2 heterocycles. The summed E-state index contributed by atoms with van der Waals surface area (Å²) in [6.45, 7) is 3.77. The van der Waals surface area contributed by atoms with Crippen molar-refractivity contribution in [2.24, 2.45) is 0 Å². The number of nitrogens with zero attached hydrogens (tertiary/aromatic N) is 3. The standard InChI is InChI=1S/C19H19ClN4O3/c1-3-23-18(26)15-8-7-13(20)10-16(15)24(19(23)27)12(2)17(25)22-11-14-6-4-5-9-21-14/h4-10,12H,3,11H2,1-2H3,(H,22,25). The SMILES string of the molecule is CCn1c(=O)c2ccc(Cl)cc2n(C(C)C(=O)NCc2ccccn2)c1=O. The van der Waals surface area contributed by atoms with Crippen LogP contribution in [0.4, 0.5) is 0 Å². The van der Waals surface area contributed by atoms with Crippen LogP contribution in [0.15, 0.2) is 52.2 Å². The van der Waals surface area contributed by atoms with Crippen LogP contribution >= 0.6 is 11.6 Å². The number of amides is 1. The Kier molecular flexibility index (Phi) is 5.41. The van der Waals surface area contributed by atoms with Crippen LogP contribution < -0.4 is 16.6 Å². The van der Waals surface area contributed by atoms with Crippen molar-refractivity contribution in [3.63, 3.8) is 0 Å². The molecule has 3 rings (SSSR count). The van der Waals surface area contributed by atoms with Gasteiger partial charge in [0.2, 0.25) is 5.91 Å². The second-order valence-electron chi connectivity index (χ2n) is 6.08. The van der Waals surface area contributed by atoms with E-state index >= 15 is 0 Å². The van der Waals surface area contributed by atoms with Crippen molar-refractivity contribution >= 4 is 28.4 Å². The van der Waals surface area contributed by atoms with Gasteiger partial charge in [0.15, 0.2) is 0 Å². The van der Waals surface area contributed by atoms with Gasteiger partial charge in [0.1, 0.15) is 6.04 Å². The molecular formula is C19H19ClN4O3.